The van der Waals surface area contributed by atoms with Crippen molar-refractivity contribution in [3.8, 4) is 0 Å². The van der Waals surface area contributed by atoms with Gasteiger partial charge < -0.3 is 124 Å². The van der Waals surface area contributed by atoms with Crippen molar-refractivity contribution in [3.05, 3.63) is 0 Å². The first-order valence-electron chi connectivity index (χ1n) is 27.9. The number of hydrogen-bond acceptors (Lipinski definition) is 25. The van der Waals surface area contributed by atoms with E-state index in [0.29, 0.717) is 38.5 Å². The third-order valence-electron chi connectivity index (χ3n) is 20.4. The van der Waals surface area contributed by atoms with Crippen molar-refractivity contribution in [3.63, 3.8) is 0 Å². The zero-order valence-corrected chi connectivity index (χ0v) is 44.5. The highest BCUT2D eigenvalue weighted by Crippen LogP contribution is 2.71. The molecular weight excluding hydrogens is 1020 g/mol. The van der Waals surface area contributed by atoms with E-state index < -0.39 is 167 Å². The molecular formula is C52H88O25. The van der Waals surface area contributed by atoms with Gasteiger partial charge in [0.2, 0.25) is 0 Å². The molecule has 0 amide bonds. The fraction of sp³-hybridized carbons (Fsp3) is 1.00. The van der Waals surface area contributed by atoms with Crippen LogP contribution in [0.2, 0.25) is 0 Å². The zero-order chi connectivity index (χ0) is 55.8. The van der Waals surface area contributed by atoms with Crippen LogP contribution in [0.4, 0.5) is 0 Å². The van der Waals surface area contributed by atoms with E-state index in [0.717, 1.165) is 19.3 Å². The van der Waals surface area contributed by atoms with Gasteiger partial charge in [-0.25, -0.2) is 0 Å². The summed E-state index contributed by atoms with van der Waals surface area (Å²) in [4.78, 5) is 0. The maximum atomic E-state index is 11.9. The van der Waals surface area contributed by atoms with E-state index in [1.165, 1.54) is 0 Å². The number of aliphatic hydroxyl groups excluding tert-OH is 15. The Morgan fingerprint density at radius 1 is 0.532 bits per heavy atom. The highest BCUT2D eigenvalue weighted by atomic mass is 16.8. The lowest BCUT2D eigenvalue weighted by Gasteiger charge is -2.63. The zero-order valence-electron chi connectivity index (χ0n) is 44.5. The smallest absolute Gasteiger partial charge is 0.187 e. The molecule has 5 saturated heterocycles. The third kappa shape index (κ3) is 10.8. The number of fused-ring (bicyclic) bond motifs is 7. The predicted molar refractivity (Wildman–Crippen MR) is 258 cm³/mol. The quantitative estimate of drug-likeness (QED) is 0.0612. The molecule has 446 valence electrons. The number of methoxy groups -OCH3 is 1. The van der Waals surface area contributed by atoms with Gasteiger partial charge in [0.15, 0.2) is 30.9 Å². The van der Waals surface area contributed by atoms with Gasteiger partial charge in [0.25, 0.3) is 0 Å². The molecule has 9 fully saturated rings. The van der Waals surface area contributed by atoms with Gasteiger partial charge in [0, 0.05) is 19.4 Å². The molecule has 77 heavy (non-hydrogen) atoms. The summed E-state index contributed by atoms with van der Waals surface area (Å²) in [5.41, 5.74) is -0.593. The van der Waals surface area contributed by atoms with E-state index in [4.69, 9.17) is 47.4 Å². The van der Waals surface area contributed by atoms with Crippen LogP contribution >= 0.6 is 0 Å². The molecule has 5 heterocycles. The van der Waals surface area contributed by atoms with Crippen LogP contribution in [0.15, 0.2) is 0 Å². The Morgan fingerprint density at radius 3 is 1.60 bits per heavy atom. The predicted octanol–water partition coefficient (Wildman–Crippen LogP) is -4.33. The monoisotopic (exact) mass is 1110 g/mol. The van der Waals surface area contributed by atoms with Crippen molar-refractivity contribution in [2.24, 2.45) is 52.3 Å². The lowest BCUT2D eigenvalue weighted by atomic mass is 9.43. The van der Waals surface area contributed by atoms with Crippen LogP contribution in [-0.4, -0.2) is 264 Å². The first-order valence-corrected chi connectivity index (χ1v) is 27.9. The summed E-state index contributed by atoms with van der Waals surface area (Å²) >= 11 is 0. The number of ether oxygens (including phenoxy) is 10. The van der Waals surface area contributed by atoms with Crippen LogP contribution in [-0.2, 0) is 47.4 Å². The van der Waals surface area contributed by atoms with Crippen LogP contribution in [0.5, 0.6) is 0 Å². The second kappa shape index (κ2) is 23.9. The highest BCUT2D eigenvalue weighted by Gasteiger charge is 2.70. The van der Waals surface area contributed by atoms with E-state index in [2.05, 4.69) is 20.8 Å². The second-order valence-corrected chi connectivity index (χ2v) is 24.6. The summed E-state index contributed by atoms with van der Waals surface area (Å²) in [6, 6.07) is 0. The molecule has 0 spiro atoms. The molecule has 9 aliphatic rings. The summed E-state index contributed by atoms with van der Waals surface area (Å²) in [7, 11) is 1.66. The van der Waals surface area contributed by atoms with Gasteiger partial charge in [0.05, 0.1) is 51.3 Å². The summed E-state index contributed by atoms with van der Waals surface area (Å²) in [5, 5.41) is 160. The van der Waals surface area contributed by atoms with Gasteiger partial charge >= 0.3 is 0 Å². The van der Waals surface area contributed by atoms with Crippen LogP contribution in [0.3, 0.4) is 0 Å². The van der Waals surface area contributed by atoms with Crippen molar-refractivity contribution in [2.45, 2.75) is 232 Å². The van der Waals surface area contributed by atoms with Crippen molar-refractivity contribution in [1.29, 1.82) is 0 Å². The molecule has 0 aromatic carbocycles. The molecule has 4 aliphatic carbocycles. The van der Waals surface area contributed by atoms with Crippen molar-refractivity contribution >= 4 is 0 Å². The van der Waals surface area contributed by atoms with Gasteiger partial charge in [0.1, 0.15) is 97.7 Å². The summed E-state index contributed by atoms with van der Waals surface area (Å²) in [5.74, 6) is -0.815. The first kappa shape index (κ1) is 60.6. The van der Waals surface area contributed by atoms with Crippen molar-refractivity contribution in [2.75, 3.05) is 40.1 Å². The molecule has 15 N–H and O–H groups in total. The van der Waals surface area contributed by atoms with Gasteiger partial charge in [-0.15, -0.1) is 0 Å². The normalized spacial score (nSPS) is 55.2. The molecule has 25 nitrogen and oxygen atoms in total. The van der Waals surface area contributed by atoms with Crippen LogP contribution in [0.25, 0.3) is 0 Å². The lowest BCUT2D eigenvalue weighted by molar-refractivity contribution is -0.399. The minimum absolute atomic E-state index is 0.0511. The molecule has 0 aromatic heterocycles. The molecule has 0 bridgehead atoms. The molecule has 9 rings (SSSR count). The maximum absolute atomic E-state index is 11.9. The Hall–Kier alpha value is -1.00. The van der Waals surface area contributed by atoms with E-state index >= 15 is 0 Å². The van der Waals surface area contributed by atoms with Crippen LogP contribution in [0, 0.1) is 52.3 Å². The van der Waals surface area contributed by atoms with Crippen LogP contribution < -0.4 is 0 Å². The Kier molecular flexibility index (Phi) is 18.8. The lowest BCUT2D eigenvalue weighted by Crippen LogP contribution is -2.68. The van der Waals surface area contributed by atoms with Gasteiger partial charge in [-0.3, -0.25) is 0 Å². The molecule has 0 radical (unpaired) electrons. The summed E-state index contributed by atoms with van der Waals surface area (Å²) < 4.78 is 62.4. The average molecular weight is 1110 g/mol. The SMILES string of the molecule is CO[C@]1(CC[C@@H](C)CO[C@@H]2O[C@H](CO)[C@@H](O)[C@H](O)[C@H]2O)O[C@H]2C[C@H]3[C@@H]4C[C@H](O[C@@H]5O[C@H](CO)[C@@H](O)[C@H](O[C@@H]6O[C@H](CO)[C@@H](O)[C@H](O)[C@H]6O)[C@H]5O[C@@H]5O[C@H](CO)[C@@H](O)[C@H](O)[C@H]5O)[C@H]5C[C@@H](O)CC[C@]5(C)[C@H]4CC[C@]3(C)[C@H]2[C@@H]1C. The maximum Gasteiger partial charge on any atom is 0.187 e. The van der Waals surface area contributed by atoms with Crippen molar-refractivity contribution in [1.82, 2.24) is 0 Å². The van der Waals surface area contributed by atoms with E-state index in [1.54, 1.807) is 7.11 Å². The third-order valence-corrected chi connectivity index (χ3v) is 20.4. The highest BCUT2D eigenvalue weighted by molar-refractivity contribution is 5.16. The Morgan fingerprint density at radius 2 is 1.04 bits per heavy atom. The fourth-order valence-electron chi connectivity index (χ4n) is 16.0. The molecule has 25 heteroatoms. The van der Waals surface area contributed by atoms with Gasteiger partial charge in [-0.1, -0.05) is 27.7 Å². The van der Waals surface area contributed by atoms with E-state index in [1.807, 2.05) is 6.92 Å². The summed E-state index contributed by atoms with van der Waals surface area (Å²) in [6.07, 6.45) is -28.7. The van der Waals surface area contributed by atoms with E-state index in [9.17, 15) is 76.6 Å². The van der Waals surface area contributed by atoms with Gasteiger partial charge in [-0.2, -0.15) is 0 Å². The molecule has 0 aromatic rings. The number of hydrogen-bond donors (Lipinski definition) is 15. The Labute approximate surface area is 447 Å². The fourth-order valence-corrected chi connectivity index (χ4v) is 16.0. The Bertz CT molecular complexity index is 1920. The standard InChI is InChI=1S/C52H88O25/c1-20(19-69-46-41(65)38(62)34(58)29(15-53)71-46)6-11-52(68-5)21(2)33-28(77-52)14-25-23-13-27(26-12-22(57)7-9-50(26,3)24(23)8-10-51(25,33)4)70-49-45(76-48-43(67)40(64)36(60)31(17-55)73-48)44(37(61)32(18-56)74-49)75-47-42(66)39(63)35(59)30(16-54)72-47/h20-49,53-67H,6-19H2,1-5H3/t20-,21+,22+,23-,24+,25+,26-,27+,28+,29-,30-,31-,32-,33+,34-,35-,36-,37-,38+,39+,40+,41-,42-,43-,44+,45-,46-,47+,48+,49-,50-,51+,52-/m1/s1. The molecule has 0 unspecified atom stereocenters. The van der Waals surface area contributed by atoms with Crippen molar-refractivity contribution < 1.29 is 124 Å². The largest absolute Gasteiger partial charge is 0.394 e. The topological polar surface area (TPSA) is 396 Å². The molecule has 33 atom stereocenters. The Balaban J connectivity index is 0.966. The number of rotatable bonds is 17. The van der Waals surface area contributed by atoms with E-state index in [-0.39, 0.29) is 65.0 Å². The number of aliphatic hydroxyl groups is 15. The van der Waals surface area contributed by atoms with Crippen LogP contribution in [0.1, 0.15) is 85.5 Å². The summed E-state index contributed by atoms with van der Waals surface area (Å²) in [6.45, 7) is 5.94. The minimum atomic E-state index is -1.95. The molecule has 4 saturated carbocycles. The molecule has 5 aliphatic heterocycles. The second-order valence-electron chi connectivity index (χ2n) is 24.6. The first-order chi connectivity index (χ1) is 36.5. The van der Waals surface area contributed by atoms with Gasteiger partial charge in [-0.05, 0) is 97.7 Å². The average Bonchev–Trinajstić information content (AvgIpc) is 3.88. The minimum Gasteiger partial charge on any atom is -0.394 e.